The van der Waals surface area contributed by atoms with E-state index >= 15 is 0 Å². The van der Waals surface area contributed by atoms with Crippen molar-refractivity contribution in [1.29, 1.82) is 0 Å². The van der Waals surface area contributed by atoms with Gasteiger partial charge in [0.25, 0.3) is 0 Å². The molecule has 6 nitrogen and oxygen atoms in total. The molecule has 0 aliphatic carbocycles. The predicted octanol–water partition coefficient (Wildman–Crippen LogP) is 4.10. The molecular formula is C21H23BrN2O4. The lowest BCUT2D eigenvalue weighted by Crippen LogP contribution is -2.33. The van der Waals surface area contributed by atoms with E-state index in [2.05, 4.69) is 26.6 Å². The number of nitrogens with one attached hydrogen (secondary N) is 2. The number of ether oxygens (including phenoxy) is 2. The second-order valence-electron chi connectivity index (χ2n) is 6.53. The van der Waals surface area contributed by atoms with Crippen molar-refractivity contribution in [3.8, 4) is 5.75 Å². The van der Waals surface area contributed by atoms with Gasteiger partial charge >= 0.3 is 6.09 Å². The Bertz CT molecular complexity index is 813. The van der Waals surface area contributed by atoms with Crippen LogP contribution in [0.25, 0.3) is 0 Å². The highest BCUT2D eigenvalue weighted by Gasteiger charge is 2.23. The van der Waals surface area contributed by atoms with Crippen molar-refractivity contribution in [2.45, 2.75) is 31.9 Å². The van der Waals surface area contributed by atoms with Crippen molar-refractivity contribution in [3.63, 3.8) is 0 Å². The molecule has 2 aromatic rings. The average Bonchev–Trinajstić information content (AvgIpc) is 2.71. The van der Waals surface area contributed by atoms with E-state index in [4.69, 9.17) is 9.47 Å². The maximum atomic E-state index is 12.3. The van der Waals surface area contributed by atoms with Gasteiger partial charge in [-0.15, -0.1) is 0 Å². The van der Waals surface area contributed by atoms with Crippen LogP contribution in [0.5, 0.6) is 5.75 Å². The molecule has 0 fully saturated rings. The molecule has 0 radical (unpaired) electrons. The minimum Gasteiger partial charge on any atom is -0.493 e. The Morgan fingerprint density at radius 2 is 2.00 bits per heavy atom. The Morgan fingerprint density at radius 3 is 2.82 bits per heavy atom. The van der Waals surface area contributed by atoms with Gasteiger partial charge in [-0.2, -0.15) is 0 Å². The summed E-state index contributed by atoms with van der Waals surface area (Å²) < 4.78 is 11.7. The largest absolute Gasteiger partial charge is 0.493 e. The summed E-state index contributed by atoms with van der Waals surface area (Å²) in [6, 6.07) is 15.2. The monoisotopic (exact) mass is 446 g/mol. The molecule has 2 amide bonds. The van der Waals surface area contributed by atoms with E-state index in [1.54, 1.807) is 0 Å². The zero-order valence-electron chi connectivity index (χ0n) is 15.4. The molecule has 1 heterocycles. The van der Waals surface area contributed by atoms with E-state index in [-0.39, 0.29) is 18.6 Å². The Hall–Kier alpha value is -2.54. The standard InChI is InChI=1S/C21H23BrN2O4/c22-16-8-9-19-17(13-16)18(10-12-27-19)24-20(25)7-4-11-23-21(26)28-14-15-5-2-1-3-6-15/h1-3,5-6,8-9,13,18H,4,7,10-12,14H2,(H,23,26)(H,24,25). The van der Waals surface area contributed by atoms with Gasteiger partial charge in [0.1, 0.15) is 12.4 Å². The third-order valence-electron chi connectivity index (χ3n) is 4.41. The first-order valence-corrected chi connectivity index (χ1v) is 10.1. The first-order valence-electron chi connectivity index (χ1n) is 9.28. The topological polar surface area (TPSA) is 76.7 Å². The molecule has 1 aliphatic rings. The van der Waals surface area contributed by atoms with Gasteiger partial charge in [-0.05, 0) is 30.2 Å². The highest BCUT2D eigenvalue weighted by Crippen LogP contribution is 2.34. The minimum atomic E-state index is -0.479. The first kappa shape index (κ1) is 20.2. The molecule has 1 aliphatic heterocycles. The van der Waals surface area contributed by atoms with Crippen LogP contribution in [0.15, 0.2) is 53.0 Å². The van der Waals surface area contributed by atoms with Gasteiger partial charge in [0.15, 0.2) is 0 Å². The lowest BCUT2D eigenvalue weighted by Gasteiger charge is -2.27. The highest BCUT2D eigenvalue weighted by atomic mass is 79.9. The number of benzene rings is 2. The van der Waals surface area contributed by atoms with E-state index in [0.717, 1.165) is 27.8 Å². The fourth-order valence-electron chi connectivity index (χ4n) is 3.00. The SMILES string of the molecule is O=C(CCCNC(=O)OCc1ccccc1)NC1CCOc2ccc(Br)cc21. The number of rotatable bonds is 7. The third kappa shape index (κ3) is 5.99. The van der Waals surface area contributed by atoms with Gasteiger partial charge in [-0.3, -0.25) is 4.79 Å². The first-order chi connectivity index (χ1) is 13.6. The van der Waals surface area contributed by atoms with Crippen LogP contribution in [0, 0.1) is 0 Å². The van der Waals surface area contributed by atoms with Gasteiger partial charge in [-0.1, -0.05) is 46.3 Å². The van der Waals surface area contributed by atoms with Gasteiger partial charge < -0.3 is 20.1 Å². The molecule has 7 heteroatoms. The molecule has 0 spiro atoms. The van der Waals surface area contributed by atoms with Crippen molar-refractivity contribution in [2.24, 2.45) is 0 Å². The maximum absolute atomic E-state index is 12.3. The van der Waals surface area contributed by atoms with Crippen LogP contribution < -0.4 is 15.4 Å². The molecular weight excluding hydrogens is 424 g/mol. The van der Waals surface area contributed by atoms with Crippen molar-refractivity contribution in [2.75, 3.05) is 13.2 Å². The molecule has 28 heavy (non-hydrogen) atoms. The Morgan fingerprint density at radius 1 is 1.18 bits per heavy atom. The fraction of sp³-hybridized carbons (Fsp3) is 0.333. The van der Waals surface area contributed by atoms with E-state index in [1.165, 1.54) is 0 Å². The highest BCUT2D eigenvalue weighted by molar-refractivity contribution is 9.10. The number of hydrogen-bond donors (Lipinski definition) is 2. The van der Waals surface area contributed by atoms with Crippen LogP contribution in [0.4, 0.5) is 4.79 Å². The van der Waals surface area contributed by atoms with Crippen LogP contribution in [-0.2, 0) is 16.1 Å². The summed E-state index contributed by atoms with van der Waals surface area (Å²) in [5.41, 5.74) is 1.91. The molecule has 2 N–H and O–H groups in total. The quantitative estimate of drug-likeness (QED) is 0.627. The predicted molar refractivity (Wildman–Crippen MR) is 109 cm³/mol. The van der Waals surface area contributed by atoms with Crippen LogP contribution >= 0.6 is 15.9 Å². The molecule has 2 aromatic carbocycles. The molecule has 0 aromatic heterocycles. The summed E-state index contributed by atoms with van der Waals surface area (Å²) in [7, 11) is 0. The number of hydrogen-bond acceptors (Lipinski definition) is 4. The number of alkyl carbamates (subject to hydrolysis) is 1. The summed E-state index contributed by atoms with van der Waals surface area (Å²) >= 11 is 3.46. The molecule has 0 saturated carbocycles. The minimum absolute atomic E-state index is 0.0442. The second kappa shape index (κ2) is 10.1. The van der Waals surface area contributed by atoms with E-state index in [9.17, 15) is 9.59 Å². The van der Waals surface area contributed by atoms with Crippen molar-refractivity contribution < 1.29 is 19.1 Å². The summed E-state index contributed by atoms with van der Waals surface area (Å²) in [5.74, 6) is 0.764. The summed E-state index contributed by atoms with van der Waals surface area (Å²) in [5, 5.41) is 5.72. The zero-order valence-corrected chi connectivity index (χ0v) is 17.0. The molecule has 0 saturated heterocycles. The third-order valence-corrected chi connectivity index (χ3v) is 4.90. The summed E-state index contributed by atoms with van der Waals surface area (Å²) in [6.07, 6.45) is 1.13. The number of carbonyl (C=O) groups excluding carboxylic acids is 2. The lowest BCUT2D eigenvalue weighted by molar-refractivity contribution is -0.122. The fourth-order valence-corrected chi connectivity index (χ4v) is 3.37. The average molecular weight is 447 g/mol. The molecule has 1 unspecified atom stereocenters. The molecule has 3 rings (SSSR count). The molecule has 148 valence electrons. The number of carbonyl (C=O) groups is 2. The Labute approximate surface area is 172 Å². The Balaban J connectivity index is 1.35. The van der Waals surface area contributed by atoms with Crippen LogP contribution in [0.1, 0.15) is 36.4 Å². The van der Waals surface area contributed by atoms with E-state index in [0.29, 0.717) is 26.0 Å². The van der Waals surface area contributed by atoms with Crippen LogP contribution in [0.3, 0.4) is 0 Å². The van der Waals surface area contributed by atoms with E-state index in [1.807, 2.05) is 48.5 Å². The van der Waals surface area contributed by atoms with Crippen molar-refractivity contribution >= 4 is 27.9 Å². The van der Waals surface area contributed by atoms with Gasteiger partial charge in [0.05, 0.1) is 12.6 Å². The number of halogens is 1. The molecule has 1 atom stereocenters. The van der Waals surface area contributed by atoms with Crippen molar-refractivity contribution in [3.05, 3.63) is 64.1 Å². The smallest absolute Gasteiger partial charge is 0.407 e. The van der Waals surface area contributed by atoms with Crippen LogP contribution in [0.2, 0.25) is 0 Å². The number of amides is 2. The normalized spacial score (nSPS) is 15.1. The maximum Gasteiger partial charge on any atom is 0.407 e. The summed E-state index contributed by atoms with van der Waals surface area (Å²) in [4.78, 5) is 23.9. The van der Waals surface area contributed by atoms with Crippen molar-refractivity contribution in [1.82, 2.24) is 10.6 Å². The Kier molecular flexibility index (Phi) is 7.31. The zero-order chi connectivity index (χ0) is 19.8. The van der Waals surface area contributed by atoms with Gasteiger partial charge in [-0.25, -0.2) is 4.79 Å². The van der Waals surface area contributed by atoms with Gasteiger partial charge in [0.2, 0.25) is 5.91 Å². The lowest BCUT2D eigenvalue weighted by atomic mass is 10.0. The van der Waals surface area contributed by atoms with Crippen LogP contribution in [-0.4, -0.2) is 25.2 Å². The summed E-state index contributed by atoms with van der Waals surface area (Å²) in [6.45, 7) is 1.19. The van der Waals surface area contributed by atoms with E-state index < -0.39 is 6.09 Å². The second-order valence-corrected chi connectivity index (χ2v) is 7.45. The number of fused-ring (bicyclic) bond motifs is 1. The molecule has 0 bridgehead atoms. The van der Waals surface area contributed by atoms with Gasteiger partial charge in [0, 0.05) is 29.4 Å².